The van der Waals surface area contributed by atoms with Crippen molar-refractivity contribution in [2.24, 2.45) is 0 Å². The fourth-order valence-electron chi connectivity index (χ4n) is 3.97. The molecule has 0 fully saturated rings. The number of sulfonamides is 1. The monoisotopic (exact) mass is 439 g/mol. The molecular weight excluding hydrogens is 417 g/mol. The molecule has 2 aromatic carbocycles. The third kappa shape index (κ3) is 3.79. The van der Waals surface area contributed by atoms with Crippen LogP contribution in [0.25, 0.3) is 0 Å². The molecule has 2 unspecified atom stereocenters. The zero-order valence-corrected chi connectivity index (χ0v) is 18.3. The van der Waals surface area contributed by atoms with Crippen LogP contribution in [-0.2, 0) is 26.0 Å². The predicted octanol–water partition coefficient (Wildman–Crippen LogP) is 3.99. The zero-order chi connectivity index (χ0) is 21.5. The van der Waals surface area contributed by atoms with Crippen molar-refractivity contribution in [3.8, 4) is 0 Å². The van der Waals surface area contributed by atoms with Gasteiger partial charge in [-0.2, -0.15) is 4.31 Å². The minimum Gasteiger partial charge on any atom is -0.468 e. The molecule has 0 radical (unpaired) electrons. The van der Waals surface area contributed by atoms with Gasteiger partial charge in [-0.15, -0.1) is 0 Å². The standard InChI is InChI=1S/C21H23ClFNO4S/c1-12-5-7-17(23)19(13(12)2)14(3)20(21(25)28-4)24-10-9-15-11-16(22)6-8-18(15)29(24,26)27/h5-8,11,14,20H,9-10H2,1-4H3. The summed E-state index contributed by atoms with van der Waals surface area (Å²) in [6, 6.07) is 6.37. The molecule has 0 saturated carbocycles. The van der Waals surface area contributed by atoms with E-state index in [2.05, 4.69) is 0 Å². The Bertz CT molecular complexity index is 1070. The fourth-order valence-corrected chi connectivity index (χ4v) is 6.05. The van der Waals surface area contributed by atoms with E-state index < -0.39 is 33.8 Å². The average Bonchev–Trinajstić information content (AvgIpc) is 2.66. The van der Waals surface area contributed by atoms with Crippen LogP contribution in [0, 0.1) is 19.7 Å². The minimum absolute atomic E-state index is 0.0757. The van der Waals surface area contributed by atoms with Gasteiger partial charge in [0, 0.05) is 17.5 Å². The van der Waals surface area contributed by atoms with Crippen molar-refractivity contribution < 1.29 is 22.3 Å². The van der Waals surface area contributed by atoms with E-state index in [-0.39, 0.29) is 11.4 Å². The van der Waals surface area contributed by atoms with E-state index in [1.54, 1.807) is 26.0 Å². The van der Waals surface area contributed by atoms with Crippen LogP contribution in [-0.4, -0.2) is 38.4 Å². The third-order valence-electron chi connectivity index (χ3n) is 5.63. The first-order valence-corrected chi connectivity index (χ1v) is 11.0. The van der Waals surface area contributed by atoms with Crippen LogP contribution in [0.1, 0.15) is 35.1 Å². The first-order valence-electron chi connectivity index (χ1n) is 9.23. The van der Waals surface area contributed by atoms with Crippen molar-refractivity contribution in [1.29, 1.82) is 0 Å². The molecule has 1 aliphatic heterocycles. The van der Waals surface area contributed by atoms with Gasteiger partial charge in [0.2, 0.25) is 10.0 Å². The summed E-state index contributed by atoms with van der Waals surface area (Å²) in [6.45, 7) is 5.34. The van der Waals surface area contributed by atoms with Crippen molar-refractivity contribution in [2.75, 3.05) is 13.7 Å². The highest BCUT2D eigenvalue weighted by Crippen LogP contribution is 2.36. The number of hydrogen-bond acceptors (Lipinski definition) is 4. The van der Waals surface area contributed by atoms with Gasteiger partial charge in [-0.3, -0.25) is 4.79 Å². The van der Waals surface area contributed by atoms with Gasteiger partial charge >= 0.3 is 5.97 Å². The number of aryl methyl sites for hydroxylation is 1. The van der Waals surface area contributed by atoms with Crippen LogP contribution in [0.15, 0.2) is 35.2 Å². The lowest BCUT2D eigenvalue weighted by Gasteiger charge is -2.36. The number of hydrogen-bond donors (Lipinski definition) is 0. The zero-order valence-electron chi connectivity index (χ0n) is 16.7. The van der Waals surface area contributed by atoms with Gasteiger partial charge in [-0.25, -0.2) is 12.8 Å². The maximum atomic E-state index is 14.7. The molecule has 156 valence electrons. The molecule has 1 aliphatic rings. The fraction of sp³-hybridized carbons (Fsp3) is 0.381. The lowest BCUT2D eigenvalue weighted by atomic mass is 9.87. The summed E-state index contributed by atoms with van der Waals surface area (Å²) in [4.78, 5) is 12.8. The lowest BCUT2D eigenvalue weighted by molar-refractivity contribution is -0.145. The van der Waals surface area contributed by atoms with Gasteiger partial charge in [-0.1, -0.05) is 24.6 Å². The molecule has 0 aliphatic carbocycles. The summed E-state index contributed by atoms with van der Waals surface area (Å²) in [7, 11) is -2.79. The number of fused-ring (bicyclic) bond motifs is 1. The number of benzene rings is 2. The summed E-state index contributed by atoms with van der Waals surface area (Å²) >= 11 is 6.00. The maximum Gasteiger partial charge on any atom is 0.324 e. The molecule has 2 aromatic rings. The molecule has 2 atom stereocenters. The highest BCUT2D eigenvalue weighted by molar-refractivity contribution is 7.89. The van der Waals surface area contributed by atoms with Crippen LogP contribution in [0.3, 0.4) is 0 Å². The van der Waals surface area contributed by atoms with Gasteiger partial charge in [0.25, 0.3) is 0 Å². The molecule has 0 saturated heterocycles. The molecule has 1 heterocycles. The number of rotatable bonds is 4. The second-order valence-corrected chi connectivity index (χ2v) is 9.57. The topological polar surface area (TPSA) is 63.7 Å². The van der Waals surface area contributed by atoms with Crippen LogP contribution >= 0.6 is 11.6 Å². The van der Waals surface area contributed by atoms with E-state index in [1.807, 2.05) is 6.92 Å². The normalized spacial score (nSPS) is 18.0. The third-order valence-corrected chi connectivity index (χ3v) is 7.84. The largest absolute Gasteiger partial charge is 0.468 e. The van der Waals surface area contributed by atoms with E-state index in [4.69, 9.17) is 16.3 Å². The van der Waals surface area contributed by atoms with Crippen LogP contribution in [0.5, 0.6) is 0 Å². The highest BCUT2D eigenvalue weighted by Gasteiger charge is 2.44. The van der Waals surface area contributed by atoms with E-state index in [1.165, 1.54) is 25.3 Å². The molecule has 3 rings (SSSR count). The molecule has 29 heavy (non-hydrogen) atoms. The molecule has 0 aromatic heterocycles. The molecular formula is C21H23ClFNO4S. The van der Waals surface area contributed by atoms with Gasteiger partial charge in [0.05, 0.1) is 12.0 Å². The Morgan fingerprint density at radius 2 is 1.93 bits per heavy atom. The summed E-state index contributed by atoms with van der Waals surface area (Å²) in [5, 5.41) is 0.447. The van der Waals surface area contributed by atoms with Crippen molar-refractivity contribution in [1.82, 2.24) is 4.31 Å². The number of nitrogens with zero attached hydrogens (tertiary/aromatic N) is 1. The van der Waals surface area contributed by atoms with Gasteiger partial charge < -0.3 is 4.74 Å². The highest BCUT2D eigenvalue weighted by atomic mass is 35.5. The summed E-state index contributed by atoms with van der Waals surface area (Å²) in [5.41, 5.74) is 2.46. The van der Waals surface area contributed by atoms with Crippen LogP contribution in [0.4, 0.5) is 4.39 Å². The second kappa shape index (κ2) is 8.05. The first kappa shape index (κ1) is 21.7. The summed E-state index contributed by atoms with van der Waals surface area (Å²) in [5.74, 6) is -1.94. The Kier molecular flexibility index (Phi) is 6.03. The van der Waals surface area contributed by atoms with Gasteiger partial charge in [0.1, 0.15) is 11.9 Å². The first-order chi connectivity index (χ1) is 13.6. The molecule has 0 N–H and O–H groups in total. The van der Waals surface area contributed by atoms with Gasteiger partial charge in [0.15, 0.2) is 0 Å². The predicted molar refractivity (Wildman–Crippen MR) is 109 cm³/mol. The Labute approximate surface area is 175 Å². The van der Waals surface area contributed by atoms with E-state index in [9.17, 15) is 17.6 Å². The van der Waals surface area contributed by atoms with Gasteiger partial charge in [-0.05, 0) is 66.8 Å². The number of carbonyl (C=O) groups excluding carboxylic acids is 1. The number of ether oxygens (including phenoxy) is 1. The molecule has 5 nitrogen and oxygen atoms in total. The van der Waals surface area contributed by atoms with Crippen molar-refractivity contribution in [3.63, 3.8) is 0 Å². The van der Waals surface area contributed by atoms with Crippen molar-refractivity contribution in [3.05, 3.63) is 63.4 Å². The SMILES string of the molecule is COC(=O)C(C(C)c1c(F)ccc(C)c1C)N1CCc2cc(Cl)ccc2S1(=O)=O. The van der Waals surface area contributed by atoms with E-state index >= 15 is 0 Å². The smallest absolute Gasteiger partial charge is 0.324 e. The molecule has 0 amide bonds. The molecule has 8 heteroatoms. The van der Waals surface area contributed by atoms with E-state index in [0.29, 0.717) is 28.1 Å². The van der Waals surface area contributed by atoms with Crippen LogP contribution < -0.4 is 0 Å². The molecule has 0 spiro atoms. The quantitative estimate of drug-likeness (QED) is 0.676. The van der Waals surface area contributed by atoms with Crippen LogP contribution in [0.2, 0.25) is 5.02 Å². The Morgan fingerprint density at radius 3 is 2.59 bits per heavy atom. The Hall–Kier alpha value is -1.96. The number of halogens is 2. The van der Waals surface area contributed by atoms with Crippen molar-refractivity contribution in [2.45, 2.75) is 44.0 Å². The Morgan fingerprint density at radius 1 is 1.24 bits per heavy atom. The number of esters is 1. The summed E-state index contributed by atoms with van der Waals surface area (Å²) < 4.78 is 47.4. The average molecular weight is 440 g/mol. The van der Waals surface area contributed by atoms with Crippen molar-refractivity contribution >= 4 is 27.6 Å². The molecule has 0 bridgehead atoms. The maximum absolute atomic E-state index is 14.7. The van der Waals surface area contributed by atoms with E-state index in [0.717, 1.165) is 9.87 Å². The number of methoxy groups -OCH3 is 1. The number of carbonyl (C=O) groups is 1. The summed E-state index contributed by atoms with van der Waals surface area (Å²) in [6.07, 6.45) is 0.393. The minimum atomic E-state index is -3.99. The Balaban J connectivity index is 2.13. The lowest BCUT2D eigenvalue weighted by Crippen LogP contribution is -2.51. The second-order valence-electron chi connectivity index (χ2n) is 7.28.